The minimum Gasteiger partial charge on any atom is -0.508 e. The van der Waals surface area contributed by atoms with Gasteiger partial charge in [-0.05, 0) is 55.7 Å². The number of aromatic hydroxyl groups is 1. The molecular weight excluding hydrogens is 274 g/mol. The summed E-state index contributed by atoms with van der Waals surface area (Å²) in [5.74, 6) is 0.570. The van der Waals surface area contributed by atoms with Gasteiger partial charge in [-0.2, -0.15) is 0 Å². The van der Waals surface area contributed by atoms with Crippen molar-refractivity contribution < 1.29 is 9.84 Å². The second kappa shape index (κ2) is 6.93. The standard InChI is InChI=1S/C19H23NO2/c1-2-22-17-11-7-15(8-12-17)19(18-4-3-13-20-18)14-5-9-16(21)10-6-14/h5-11,13,17-19,21H,2-4,12H2,1H3. The van der Waals surface area contributed by atoms with Crippen LogP contribution in [0.1, 0.15) is 37.7 Å². The Balaban J connectivity index is 1.85. The van der Waals surface area contributed by atoms with E-state index >= 15 is 0 Å². The lowest BCUT2D eigenvalue weighted by atomic mass is 9.81. The van der Waals surface area contributed by atoms with E-state index in [9.17, 15) is 5.11 Å². The summed E-state index contributed by atoms with van der Waals surface area (Å²) in [6.07, 6.45) is 11.9. The van der Waals surface area contributed by atoms with E-state index in [1.165, 1.54) is 11.1 Å². The van der Waals surface area contributed by atoms with Crippen molar-refractivity contribution in [1.29, 1.82) is 0 Å². The van der Waals surface area contributed by atoms with Gasteiger partial charge < -0.3 is 9.84 Å². The second-order valence-corrected chi connectivity index (χ2v) is 5.84. The first-order valence-electron chi connectivity index (χ1n) is 8.08. The molecule has 3 heteroatoms. The average molecular weight is 297 g/mol. The number of ether oxygens (including phenoxy) is 1. The lowest BCUT2D eigenvalue weighted by molar-refractivity contribution is 0.0973. The molecule has 0 bridgehead atoms. The molecule has 22 heavy (non-hydrogen) atoms. The summed E-state index contributed by atoms with van der Waals surface area (Å²) in [5, 5.41) is 9.53. The molecule has 2 aliphatic rings. The normalized spacial score (nSPS) is 25.2. The van der Waals surface area contributed by atoms with Crippen LogP contribution in [0, 0.1) is 0 Å². The smallest absolute Gasteiger partial charge is 0.115 e. The predicted molar refractivity (Wildman–Crippen MR) is 89.6 cm³/mol. The summed E-state index contributed by atoms with van der Waals surface area (Å²) >= 11 is 0. The summed E-state index contributed by atoms with van der Waals surface area (Å²) in [7, 11) is 0. The molecule has 3 nitrogen and oxygen atoms in total. The zero-order valence-electron chi connectivity index (χ0n) is 13.0. The monoisotopic (exact) mass is 297 g/mol. The van der Waals surface area contributed by atoms with E-state index in [1.807, 2.05) is 25.3 Å². The summed E-state index contributed by atoms with van der Waals surface area (Å²) in [6.45, 7) is 2.77. The Morgan fingerprint density at radius 2 is 2.14 bits per heavy atom. The van der Waals surface area contributed by atoms with E-state index in [-0.39, 0.29) is 12.0 Å². The lowest BCUT2D eigenvalue weighted by Crippen LogP contribution is -2.19. The Kier molecular flexibility index (Phi) is 4.74. The number of phenolic OH excluding ortho intramolecular Hbond substituents is 1. The lowest BCUT2D eigenvalue weighted by Gasteiger charge is -2.26. The number of hydrogen-bond donors (Lipinski definition) is 1. The van der Waals surface area contributed by atoms with Gasteiger partial charge in [-0.1, -0.05) is 30.4 Å². The third-order valence-corrected chi connectivity index (χ3v) is 4.35. The summed E-state index contributed by atoms with van der Waals surface area (Å²) in [6, 6.07) is 7.84. The van der Waals surface area contributed by atoms with Gasteiger partial charge in [0, 0.05) is 12.5 Å². The van der Waals surface area contributed by atoms with Crippen molar-refractivity contribution in [2.24, 2.45) is 4.99 Å². The third-order valence-electron chi connectivity index (χ3n) is 4.35. The van der Waals surface area contributed by atoms with Crippen LogP contribution in [0.25, 0.3) is 0 Å². The highest BCUT2D eigenvalue weighted by molar-refractivity contribution is 5.61. The molecule has 0 saturated carbocycles. The van der Waals surface area contributed by atoms with Crippen LogP contribution >= 0.6 is 0 Å². The maximum Gasteiger partial charge on any atom is 0.115 e. The minimum absolute atomic E-state index is 0.196. The molecule has 0 fully saturated rings. The van der Waals surface area contributed by atoms with Gasteiger partial charge in [-0.15, -0.1) is 0 Å². The van der Waals surface area contributed by atoms with E-state index in [0.29, 0.717) is 11.8 Å². The topological polar surface area (TPSA) is 41.8 Å². The first-order chi connectivity index (χ1) is 10.8. The number of nitrogens with zero attached hydrogens (tertiary/aromatic N) is 1. The highest BCUT2D eigenvalue weighted by Crippen LogP contribution is 2.36. The largest absolute Gasteiger partial charge is 0.508 e. The van der Waals surface area contributed by atoms with Crippen molar-refractivity contribution >= 4 is 6.21 Å². The Morgan fingerprint density at radius 3 is 2.73 bits per heavy atom. The van der Waals surface area contributed by atoms with Gasteiger partial charge in [0.15, 0.2) is 0 Å². The van der Waals surface area contributed by atoms with E-state index in [4.69, 9.17) is 4.74 Å². The number of hydrogen-bond acceptors (Lipinski definition) is 3. The van der Waals surface area contributed by atoms with Crippen molar-refractivity contribution in [3.8, 4) is 5.75 Å². The summed E-state index contributed by atoms with van der Waals surface area (Å²) in [5.41, 5.74) is 2.53. The van der Waals surface area contributed by atoms with Crippen LogP contribution in [0.2, 0.25) is 0 Å². The van der Waals surface area contributed by atoms with Gasteiger partial charge in [0.05, 0.1) is 12.1 Å². The van der Waals surface area contributed by atoms with Crippen molar-refractivity contribution in [3.63, 3.8) is 0 Å². The molecule has 1 heterocycles. The molecule has 1 N–H and O–H groups in total. The minimum atomic E-state index is 0.196. The van der Waals surface area contributed by atoms with Gasteiger partial charge in [0.1, 0.15) is 5.75 Å². The van der Waals surface area contributed by atoms with Crippen LogP contribution in [-0.4, -0.2) is 30.1 Å². The SMILES string of the molecule is CCOC1C=CC(C(c2ccc(O)cc2)C2CCC=N2)=CC1. The van der Waals surface area contributed by atoms with Crippen LogP contribution in [0.4, 0.5) is 0 Å². The van der Waals surface area contributed by atoms with Crippen molar-refractivity contribution in [3.05, 3.63) is 53.6 Å². The van der Waals surface area contributed by atoms with Gasteiger partial charge in [0.25, 0.3) is 0 Å². The zero-order chi connectivity index (χ0) is 15.4. The average Bonchev–Trinajstić information content (AvgIpc) is 3.05. The number of benzene rings is 1. The number of allylic oxidation sites excluding steroid dienone is 1. The Labute approximate surface area is 132 Å². The van der Waals surface area contributed by atoms with Crippen LogP contribution in [0.5, 0.6) is 5.75 Å². The Hall–Kier alpha value is -1.87. The number of rotatable bonds is 5. The summed E-state index contributed by atoms with van der Waals surface area (Å²) < 4.78 is 5.66. The Bertz CT molecular complexity index is 586. The van der Waals surface area contributed by atoms with Crippen molar-refractivity contribution in [2.45, 2.75) is 44.2 Å². The van der Waals surface area contributed by atoms with Crippen molar-refractivity contribution in [1.82, 2.24) is 0 Å². The van der Waals surface area contributed by atoms with Crippen LogP contribution < -0.4 is 0 Å². The van der Waals surface area contributed by atoms with E-state index in [2.05, 4.69) is 23.2 Å². The summed E-state index contributed by atoms with van der Waals surface area (Å²) in [4.78, 5) is 4.67. The molecule has 1 aromatic rings. The fraction of sp³-hybridized carbons (Fsp3) is 0.421. The molecule has 3 atom stereocenters. The molecule has 0 radical (unpaired) electrons. The Morgan fingerprint density at radius 1 is 1.32 bits per heavy atom. The highest BCUT2D eigenvalue weighted by atomic mass is 16.5. The molecule has 1 aromatic carbocycles. The molecule has 1 aliphatic carbocycles. The second-order valence-electron chi connectivity index (χ2n) is 5.84. The van der Waals surface area contributed by atoms with E-state index < -0.39 is 0 Å². The van der Waals surface area contributed by atoms with Crippen LogP contribution in [0.3, 0.4) is 0 Å². The van der Waals surface area contributed by atoms with Crippen LogP contribution in [-0.2, 0) is 4.74 Å². The molecule has 3 unspecified atom stereocenters. The first kappa shape index (κ1) is 15.0. The zero-order valence-corrected chi connectivity index (χ0v) is 13.0. The van der Waals surface area contributed by atoms with E-state index in [1.54, 1.807) is 12.1 Å². The van der Waals surface area contributed by atoms with E-state index in [0.717, 1.165) is 25.9 Å². The fourth-order valence-electron chi connectivity index (χ4n) is 3.29. The van der Waals surface area contributed by atoms with Gasteiger partial charge >= 0.3 is 0 Å². The fourth-order valence-corrected chi connectivity index (χ4v) is 3.29. The molecule has 1 aliphatic heterocycles. The van der Waals surface area contributed by atoms with Crippen LogP contribution in [0.15, 0.2) is 53.1 Å². The maximum atomic E-state index is 9.53. The van der Waals surface area contributed by atoms with Gasteiger partial charge in [0.2, 0.25) is 0 Å². The van der Waals surface area contributed by atoms with Gasteiger partial charge in [-0.3, -0.25) is 4.99 Å². The molecular formula is C19H23NO2. The molecule has 0 aromatic heterocycles. The quantitative estimate of drug-likeness (QED) is 0.892. The number of phenols is 1. The highest BCUT2D eigenvalue weighted by Gasteiger charge is 2.28. The van der Waals surface area contributed by atoms with Gasteiger partial charge in [-0.25, -0.2) is 0 Å². The maximum absolute atomic E-state index is 9.53. The predicted octanol–water partition coefficient (Wildman–Crippen LogP) is 4.00. The molecule has 0 amide bonds. The molecule has 0 spiro atoms. The third kappa shape index (κ3) is 3.30. The molecule has 3 rings (SSSR count). The molecule has 116 valence electrons. The molecule has 0 saturated heterocycles. The van der Waals surface area contributed by atoms with Crippen molar-refractivity contribution in [2.75, 3.05) is 6.61 Å². The first-order valence-corrected chi connectivity index (χ1v) is 8.08. The number of aliphatic imine (C=N–C) groups is 1.